The van der Waals surface area contributed by atoms with Crippen molar-refractivity contribution in [3.63, 3.8) is 0 Å². The number of hydrogen-bond acceptors (Lipinski definition) is 10. The molecule has 0 aliphatic carbocycles. The van der Waals surface area contributed by atoms with Crippen LogP contribution in [0.2, 0.25) is 0 Å². The average molecular weight is 516 g/mol. The van der Waals surface area contributed by atoms with Gasteiger partial charge in [0, 0.05) is 82.6 Å². The maximum atomic E-state index is 10.1. The number of nitrogens with zero attached hydrogens (tertiary/aromatic N) is 4. The summed E-state index contributed by atoms with van der Waals surface area (Å²) in [6.45, 7) is 2.17. The van der Waals surface area contributed by atoms with Gasteiger partial charge >= 0.3 is 0 Å². The molecule has 0 heterocycles. The molecule has 0 aliphatic heterocycles. The number of aliphatic carboxylic acids is 2. The SMILES string of the molecule is CC(=O)O.CC(=O)O.CN(C)c1ccc(N=O)c(O)c1.CN(C)c1ccc(N=O)c(O)c1.[Cu]. The molecule has 0 atom stereocenters. The molecule has 2 rings (SSSR count). The molecule has 0 saturated carbocycles. The number of anilines is 2. The van der Waals surface area contributed by atoms with Crippen molar-refractivity contribution in [3.8, 4) is 11.5 Å². The Balaban J connectivity index is -0.000000405. The first-order valence-corrected chi connectivity index (χ1v) is 8.83. The molecular weight excluding hydrogens is 488 g/mol. The number of phenolic OH excluding ortho intramolecular Hbond substituents is 2. The maximum absolute atomic E-state index is 10.1. The van der Waals surface area contributed by atoms with E-state index in [4.69, 9.17) is 19.8 Å². The second-order valence-electron chi connectivity index (χ2n) is 6.36. The summed E-state index contributed by atoms with van der Waals surface area (Å²) in [5, 5.41) is 38.6. The Labute approximate surface area is 201 Å². The zero-order chi connectivity index (χ0) is 25.4. The summed E-state index contributed by atoms with van der Waals surface area (Å²) in [5.41, 5.74) is 1.81. The van der Waals surface area contributed by atoms with Gasteiger partial charge < -0.3 is 30.2 Å². The van der Waals surface area contributed by atoms with E-state index in [0.29, 0.717) is 0 Å². The van der Waals surface area contributed by atoms with Gasteiger partial charge in [-0.05, 0) is 34.6 Å². The Hall–Kier alpha value is -3.70. The number of carbonyl (C=O) groups is 2. The summed E-state index contributed by atoms with van der Waals surface area (Å²) in [5.74, 6) is -1.84. The molecule has 2 aromatic rings. The number of carboxylic acids is 2. The van der Waals surface area contributed by atoms with Crippen LogP contribution < -0.4 is 9.80 Å². The van der Waals surface area contributed by atoms with Gasteiger partial charge in [-0.3, -0.25) is 9.59 Å². The van der Waals surface area contributed by atoms with Crippen LogP contribution in [0.25, 0.3) is 0 Å². The Bertz CT molecular complexity index is 826. The Morgan fingerprint density at radius 2 is 0.939 bits per heavy atom. The normalized spacial score (nSPS) is 8.42. The van der Waals surface area contributed by atoms with E-state index in [9.17, 15) is 20.0 Å². The third-order valence-electron chi connectivity index (χ3n) is 3.15. The van der Waals surface area contributed by atoms with Crippen LogP contribution in [0.3, 0.4) is 0 Å². The molecule has 0 amide bonds. The largest absolute Gasteiger partial charge is 0.505 e. The number of aromatic hydroxyl groups is 2. The van der Waals surface area contributed by atoms with Gasteiger partial charge in [-0.2, -0.15) is 0 Å². The van der Waals surface area contributed by atoms with Gasteiger partial charge in [-0.15, -0.1) is 9.81 Å². The van der Waals surface area contributed by atoms with Crippen LogP contribution in [0.5, 0.6) is 11.5 Å². The van der Waals surface area contributed by atoms with E-state index in [0.717, 1.165) is 25.2 Å². The van der Waals surface area contributed by atoms with E-state index in [2.05, 4.69) is 10.4 Å². The predicted octanol–water partition coefficient (Wildman–Crippen LogP) is 3.89. The molecule has 13 heteroatoms. The third kappa shape index (κ3) is 16.6. The molecule has 0 unspecified atom stereocenters. The second kappa shape index (κ2) is 17.9. The summed E-state index contributed by atoms with van der Waals surface area (Å²) in [4.78, 5) is 41.8. The minimum absolute atomic E-state index is 0. The second-order valence-corrected chi connectivity index (χ2v) is 6.36. The Morgan fingerprint density at radius 3 is 1.09 bits per heavy atom. The van der Waals surface area contributed by atoms with Gasteiger partial charge in [-0.1, -0.05) is 0 Å². The fraction of sp³-hybridized carbons (Fsp3) is 0.300. The van der Waals surface area contributed by atoms with Crippen LogP contribution in [-0.4, -0.2) is 60.6 Å². The third-order valence-corrected chi connectivity index (χ3v) is 3.15. The number of carboxylic acid groups (broad SMARTS) is 2. The minimum Gasteiger partial charge on any atom is -0.505 e. The fourth-order valence-electron chi connectivity index (χ4n) is 1.73. The zero-order valence-corrected chi connectivity index (χ0v) is 19.9. The number of nitroso groups, excluding NO2 is 2. The first-order valence-electron chi connectivity index (χ1n) is 8.83. The van der Waals surface area contributed by atoms with Crippen molar-refractivity contribution in [1.82, 2.24) is 0 Å². The summed E-state index contributed by atoms with van der Waals surface area (Å²) in [7, 11) is 7.40. The topological polar surface area (TPSA) is 180 Å². The Kier molecular flexibility index (Phi) is 18.4. The first kappa shape index (κ1) is 33.9. The molecule has 0 spiro atoms. The van der Waals surface area contributed by atoms with Gasteiger partial charge in [0.1, 0.15) is 22.9 Å². The van der Waals surface area contributed by atoms with E-state index < -0.39 is 11.9 Å². The number of benzene rings is 2. The summed E-state index contributed by atoms with van der Waals surface area (Å²) in [6, 6.07) is 9.40. The number of hydrogen-bond donors (Lipinski definition) is 4. The van der Waals surface area contributed by atoms with Crippen LogP contribution in [0.4, 0.5) is 22.7 Å². The van der Waals surface area contributed by atoms with Crippen molar-refractivity contribution in [1.29, 1.82) is 0 Å². The van der Waals surface area contributed by atoms with Gasteiger partial charge in [-0.25, -0.2) is 0 Å². The van der Waals surface area contributed by atoms with E-state index in [1.54, 1.807) is 12.1 Å². The van der Waals surface area contributed by atoms with Crippen LogP contribution in [0.1, 0.15) is 13.8 Å². The average Bonchev–Trinajstić information content (AvgIpc) is 2.67. The maximum Gasteiger partial charge on any atom is 0.300 e. The van der Waals surface area contributed by atoms with Gasteiger partial charge in [0.15, 0.2) is 0 Å². The van der Waals surface area contributed by atoms with Crippen molar-refractivity contribution in [2.24, 2.45) is 10.4 Å². The van der Waals surface area contributed by atoms with E-state index >= 15 is 0 Å². The molecule has 33 heavy (non-hydrogen) atoms. The molecule has 4 N–H and O–H groups in total. The van der Waals surface area contributed by atoms with E-state index in [1.165, 1.54) is 24.3 Å². The van der Waals surface area contributed by atoms with Crippen molar-refractivity contribution >= 4 is 34.7 Å². The summed E-state index contributed by atoms with van der Waals surface area (Å²) < 4.78 is 0. The standard InChI is InChI=1S/2C8H10N2O2.2C2H4O2.Cu/c2*1-10(2)6-3-4-7(9-12)8(11)5-6;2*1-2(3)4;/h2*3-5,11H,1-2H3;2*1H3,(H,3,4);. The molecule has 1 radical (unpaired) electrons. The monoisotopic (exact) mass is 515 g/mol. The summed E-state index contributed by atoms with van der Waals surface area (Å²) in [6.07, 6.45) is 0. The van der Waals surface area contributed by atoms with Crippen LogP contribution >= 0.6 is 0 Å². The smallest absolute Gasteiger partial charge is 0.300 e. The molecule has 0 fully saturated rings. The van der Waals surface area contributed by atoms with Gasteiger partial charge in [0.2, 0.25) is 0 Å². The first-order chi connectivity index (χ1) is 14.8. The molecule has 12 nitrogen and oxygen atoms in total. The van der Waals surface area contributed by atoms with Gasteiger partial charge in [0.25, 0.3) is 11.9 Å². The predicted molar refractivity (Wildman–Crippen MR) is 122 cm³/mol. The molecule has 187 valence electrons. The molecule has 0 aliphatic rings. The van der Waals surface area contributed by atoms with Crippen molar-refractivity contribution in [2.75, 3.05) is 38.0 Å². The quantitative estimate of drug-likeness (QED) is 0.344. The van der Waals surface area contributed by atoms with Crippen LogP contribution in [-0.2, 0) is 26.7 Å². The van der Waals surface area contributed by atoms with Gasteiger partial charge in [0.05, 0.1) is 0 Å². The van der Waals surface area contributed by atoms with Crippen LogP contribution in [0.15, 0.2) is 46.8 Å². The zero-order valence-electron chi connectivity index (χ0n) is 19.0. The number of rotatable bonds is 4. The number of phenols is 2. The fourth-order valence-corrected chi connectivity index (χ4v) is 1.73. The molecule has 0 saturated heterocycles. The molecule has 0 bridgehead atoms. The summed E-state index contributed by atoms with van der Waals surface area (Å²) >= 11 is 0. The molecule has 0 aromatic heterocycles. The van der Waals surface area contributed by atoms with Crippen molar-refractivity contribution in [2.45, 2.75) is 13.8 Å². The van der Waals surface area contributed by atoms with E-state index in [-0.39, 0.29) is 39.9 Å². The molecular formula is C20H28CuN4O8. The van der Waals surface area contributed by atoms with Crippen molar-refractivity contribution in [3.05, 3.63) is 46.2 Å². The van der Waals surface area contributed by atoms with Crippen molar-refractivity contribution < 1.29 is 47.1 Å². The minimum atomic E-state index is -0.833. The molecule has 2 aromatic carbocycles. The Morgan fingerprint density at radius 1 is 0.697 bits per heavy atom. The van der Waals surface area contributed by atoms with E-state index in [1.807, 2.05) is 38.0 Å². The van der Waals surface area contributed by atoms with Crippen LogP contribution in [0, 0.1) is 9.81 Å².